The van der Waals surface area contributed by atoms with E-state index in [0.717, 1.165) is 6.42 Å². The lowest BCUT2D eigenvalue weighted by Gasteiger charge is -2.06. The number of carbonyl (C=O) groups is 2. The van der Waals surface area contributed by atoms with E-state index in [1.165, 1.54) is 12.1 Å². The number of aryl methyl sites for hydroxylation is 1. The molecule has 21 heavy (non-hydrogen) atoms. The molecule has 110 valence electrons. The Morgan fingerprint density at radius 1 is 1.43 bits per heavy atom. The van der Waals surface area contributed by atoms with Gasteiger partial charge in [-0.2, -0.15) is 0 Å². The van der Waals surface area contributed by atoms with Crippen LogP contribution in [0.2, 0.25) is 0 Å². The van der Waals surface area contributed by atoms with Crippen molar-refractivity contribution in [1.82, 2.24) is 15.2 Å². The molecule has 2 aromatic rings. The molecule has 8 heteroatoms. The molecule has 0 aliphatic rings. The topological polar surface area (TPSA) is 108 Å². The normalized spacial score (nSPS) is 10.4. The second-order valence-corrected chi connectivity index (χ2v) is 5.16. The molecule has 3 N–H and O–H groups in total. The van der Waals surface area contributed by atoms with Crippen molar-refractivity contribution in [3.8, 4) is 0 Å². The lowest BCUT2D eigenvalue weighted by molar-refractivity contribution is 0.0696. The predicted octanol–water partition coefficient (Wildman–Crippen LogP) is 2.47. The number of aromatic amines is 1. The van der Waals surface area contributed by atoms with Gasteiger partial charge in [-0.05, 0) is 40.5 Å². The Morgan fingerprint density at radius 2 is 2.19 bits per heavy atom. The first-order valence-electron chi connectivity index (χ1n) is 6.26. The van der Waals surface area contributed by atoms with E-state index in [0.29, 0.717) is 22.4 Å². The number of nitrogens with one attached hydrogen (secondary N) is 2. The highest BCUT2D eigenvalue weighted by molar-refractivity contribution is 9.10. The van der Waals surface area contributed by atoms with Crippen molar-refractivity contribution in [2.45, 2.75) is 19.8 Å². The molecule has 0 fully saturated rings. The number of anilines is 1. The van der Waals surface area contributed by atoms with Crippen molar-refractivity contribution in [2.24, 2.45) is 0 Å². The summed E-state index contributed by atoms with van der Waals surface area (Å²) in [6, 6.07) is 4.36. The van der Waals surface area contributed by atoms with Gasteiger partial charge in [0.1, 0.15) is 5.82 Å². The second kappa shape index (κ2) is 6.49. The summed E-state index contributed by atoms with van der Waals surface area (Å²) in [5.41, 5.74) is 0.428. The van der Waals surface area contributed by atoms with Crippen LogP contribution in [0.1, 0.15) is 40.1 Å². The zero-order valence-electron chi connectivity index (χ0n) is 11.2. The molecule has 0 unspecified atom stereocenters. The molecule has 0 aliphatic heterocycles. The highest BCUT2D eigenvalue weighted by atomic mass is 79.9. The number of halogens is 1. The maximum Gasteiger partial charge on any atom is 0.335 e. The van der Waals surface area contributed by atoms with E-state index in [1.54, 1.807) is 6.07 Å². The Hall–Kier alpha value is -2.22. The number of aromatic nitrogens is 3. The van der Waals surface area contributed by atoms with E-state index < -0.39 is 11.9 Å². The average molecular weight is 353 g/mol. The Labute approximate surface area is 128 Å². The molecule has 0 atom stereocenters. The fraction of sp³-hybridized carbons (Fsp3) is 0.231. The van der Waals surface area contributed by atoms with Gasteiger partial charge in [0.25, 0.3) is 5.91 Å². The summed E-state index contributed by atoms with van der Waals surface area (Å²) >= 11 is 3.25. The zero-order chi connectivity index (χ0) is 15.4. The van der Waals surface area contributed by atoms with Gasteiger partial charge < -0.3 is 10.4 Å². The smallest absolute Gasteiger partial charge is 0.335 e. The van der Waals surface area contributed by atoms with Crippen LogP contribution < -0.4 is 5.32 Å². The van der Waals surface area contributed by atoms with Crippen molar-refractivity contribution in [3.05, 3.63) is 39.9 Å². The number of nitrogens with zero attached hydrogens (tertiary/aromatic N) is 2. The van der Waals surface area contributed by atoms with Gasteiger partial charge in [-0.15, -0.1) is 5.10 Å². The van der Waals surface area contributed by atoms with Crippen LogP contribution in [0, 0.1) is 0 Å². The van der Waals surface area contributed by atoms with Crippen LogP contribution in [0.25, 0.3) is 0 Å². The number of carbonyl (C=O) groups excluding carboxylic acids is 1. The minimum atomic E-state index is -1.07. The van der Waals surface area contributed by atoms with E-state index in [1.807, 2.05) is 6.92 Å². The number of hydrogen-bond donors (Lipinski definition) is 3. The first-order chi connectivity index (χ1) is 10.0. The highest BCUT2D eigenvalue weighted by Crippen LogP contribution is 2.24. The molecule has 1 aromatic carbocycles. The number of amides is 1. The quantitative estimate of drug-likeness (QED) is 0.765. The highest BCUT2D eigenvalue weighted by Gasteiger charge is 2.15. The van der Waals surface area contributed by atoms with Crippen molar-refractivity contribution in [3.63, 3.8) is 0 Å². The molecule has 0 aliphatic carbocycles. The minimum absolute atomic E-state index is 0.0195. The fourth-order valence-corrected chi connectivity index (χ4v) is 2.02. The number of benzene rings is 1. The number of H-pyrrole nitrogens is 1. The van der Waals surface area contributed by atoms with Crippen LogP contribution in [-0.2, 0) is 6.42 Å². The van der Waals surface area contributed by atoms with Crippen LogP contribution in [0.3, 0.4) is 0 Å². The molecule has 0 saturated heterocycles. The van der Waals surface area contributed by atoms with E-state index in [-0.39, 0.29) is 11.4 Å². The maximum absolute atomic E-state index is 12.0. The molecule has 7 nitrogen and oxygen atoms in total. The summed E-state index contributed by atoms with van der Waals surface area (Å²) in [5.74, 6) is -0.912. The van der Waals surface area contributed by atoms with Gasteiger partial charge in [-0.3, -0.25) is 9.89 Å². The van der Waals surface area contributed by atoms with Gasteiger partial charge in [0, 0.05) is 10.9 Å². The summed E-state index contributed by atoms with van der Waals surface area (Å²) in [4.78, 5) is 27.1. The van der Waals surface area contributed by atoms with Crippen molar-refractivity contribution >= 4 is 33.5 Å². The first kappa shape index (κ1) is 15.2. The lowest BCUT2D eigenvalue weighted by atomic mass is 10.2. The Bertz CT molecular complexity index is 684. The van der Waals surface area contributed by atoms with Gasteiger partial charge in [-0.25, -0.2) is 9.78 Å². The molecule has 0 bridgehead atoms. The van der Waals surface area contributed by atoms with Gasteiger partial charge in [-0.1, -0.05) is 6.92 Å². The van der Waals surface area contributed by atoms with Crippen molar-refractivity contribution < 1.29 is 14.7 Å². The summed E-state index contributed by atoms with van der Waals surface area (Å²) in [5, 5.41) is 18.1. The van der Waals surface area contributed by atoms with Crippen LogP contribution in [0.4, 0.5) is 5.69 Å². The van der Waals surface area contributed by atoms with E-state index in [4.69, 9.17) is 5.11 Å². The second-order valence-electron chi connectivity index (χ2n) is 4.31. The van der Waals surface area contributed by atoms with Gasteiger partial charge in [0.2, 0.25) is 5.82 Å². The molecule has 0 spiro atoms. The first-order valence-corrected chi connectivity index (χ1v) is 7.06. The van der Waals surface area contributed by atoms with Crippen molar-refractivity contribution in [1.29, 1.82) is 0 Å². The van der Waals surface area contributed by atoms with Gasteiger partial charge >= 0.3 is 5.97 Å². The standard InChI is InChI=1S/C13H13BrN4O3/c1-2-3-10-16-11(18-17-10)12(19)15-9-6-7(13(20)21)4-5-8(9)14/h4-6H,2-3H2,1H3,(H,15,19)(H,20,21)(H,16,17,18). The van der Waals surface area contributed by atoms with E-state index in [2.05, 4.69) is 36.4 Å². The molecule has 1 amide bonds. The molecule has 0 radical (unpaired) electrons. The monoisotopic (exact) mass is 352 g/mol. The zero-order valence-corrected chi connectivity index (χ0v) is 12.8. The van der Waals surface area contributed by atoms with Crippen LogP contribution in [-0.4, -0.2) is 32.2 Å². The molecule has 1 aromatic heterocycles. The number of aromatic carboxylic acids is 1. The summed E-state index contributed by atoms with van der Waals surface area (Å²) in [7, 11) is 0. The number of carboxylic acid groups (broad SMARTS) is 1. The number of hydrogen-bond acceptors (Lipinski definition) is 4. The molecule has 0 saturated carbocycles. The van der Waals surface area contributed by atoms with Gasteiger partial charge in [0.15, 0.2) is 0 Å². The SMILES string of the molecule is CCCc1nc(C(=O)Nc2cc(C(=O)O)ccc2Br)n[nH]1. The summed E-state index contributed by atoms with van der Waals surface area (Å²) < 4.78 is 0.574. The van der Waals surface area contributed by atoms with Crippen LogP contribution in [0.5, 0.6) is 0 Å². The molecule has 2 rings (SSSR count). The third-order valence-electron chi connectivity index (χ3n) is 2.68. The minimum Gasteiger partial charge on any atom is -0.478 e. The molecule has 1 heterocycles. The Kier molecular flexibility index (Phi) is 4.69. The van der Waals surface area contributed by atoms with E-state index in [9.17, 15) is 9.59 Å². The van der Waals surface area contributed by atoms with Crippen LogP contribution >= 0.6 is 15.9 Å². The Balaban J connectivity index is 2.18. The third-order valence-corrected chi connectivity index (χ3v) is 3.37. The molecular formula is C13H13BrN4O3. The largest absolute Gasteiger partial charge is 0.478 e. The van der Waals surface area contributed by atoms with Crippen LogP contribution in [0.15, 0.2) is 22.7 Å². The van der Waals surface area contributed by atoms with Crippen molar-refractivity contribution in [2.75, 3.05) is 5.32 Å². The third kappa shape index (κ3) is 3.66. The van der Waals surface area contributed by atoms with Gasteiger partial charge in [0.05, 0.1) is 11.3 Å². The summed E-state index contributed by atoms with van der Waals surface area (Å²) in [6.07, 6.45) is 1.60. The number of rotatable bonds is 5. The Morgan fingerprint density at radius 3 is 2.86 bits per heavy atom. The maximum atomic E-state index is 12.0. The summed E-state index contributed by atoms with van der Waals surface area (Å²) in [6.45, 7) is 2.00. The predicted molar refractivity (Wildman–Crippen MR) is 79.4 cm³/mol. The van der Waals surface area contributed by atoms with E-state index >= 15 is 0 Å². The fourth-order valence-electron chi connectivity index (χ4n) is 1.68. The number of carboxylic acids is 1. The molecular weight excluding hydrogens is 340 g/mol. The average Bonchev–Trinajstić information content (AvgIpc) is 2.90. The lowest BCUT2D eigenvalue weighted by Crippen LogP contribution is -2.14.